The van der Waals surface area contributed by atoms with Gasteiger partial charge in [0.15, 0.2) is 0 Å². The van der Waals surface area contributed by atoms with Gasteiger partial charge in [-0.25, -0.2) is 4.79 Å². The summed E-state index contributed by atoms with van der Waals surface area (Å²) in [4.78, 5) is 14.8. The van der Waals surface area contributed by atoms with Gasteiger partial charge in [0.05, 0.1) is 0 Å². The number of hydrogen-bond donors (Lipinski definition) is 0. The third-order valence-electron chi connectivity index (χ3n) is 5.77. The van der Waals surface area contributed by atoms with Crippen LogP contribution in [0, 0.1) is 5.92 Å². The zero-order valence-corrected chi connectivity index (χ0v) is 18.6. The molecule has 2 heterocycles. The minimum Gasteiger partial charge on any atom is -0.458 e. The Morgan fingerprint density at radius 3 is 2.37 bits per heavy atom. The Kier molecular flexibility index (Phi) is 8.20. The van der Waals surface area contributed by atoms with Crippen LogP contribution in [-0.4, -0.2) is 12.1 Å². The molecule has 27 heavy (non-hydrogen) atoms. The van der Waals surface area contributed by atoms with Gasteiger partial charge in [0.25, 0.3) is 0 Å². The molecule has 0 aromatic carbocycles. The van der Waals surface area contributed by atoms with Crippen LogP contribution in [0.1, 0.15) is 99.0 Å². The SMILES string of the molecule is CCCCCc1cc2sc(C(=O)O[C@H]3CC[C@H](CCCCC)CC3)cc2s1. The molecule has 2 aromatic rings. The molecular weight excluding hydrogens is 372 g/mol. The molecule has 0 radical (unpaired) electrons. The van der Waals surface area contributed by atoms with Gasteiger partial charge in [-0.05, 0) is 56.6 Å². The fraction of sp³-hybridized carbons (Fsp3) is 0.696. The second-order valence-corrected chi connectivity index (χ2v) is 10.3. The molecule has 2 nitrogen and oxygen atoms in total. The standard InChI is InChI=1S/C23H34O2S2/c1-3-5-7-9-17-11-13-18(14-12-17)25-23(24)22-16-21-20(27-22)15-19(26-21)10-8-6-4-2/h15-18H,3-14H2,1-2H3/t17-,18-. The highest BCUT2D eigenvalue weighted by Crippen LogP contribution is 2.35. The van der Waals surface area contributed by atoms with Crippen LogP contribution in [0.25, 0.3) is 9.40 Å². The third-order valence-corrected chi connectivity index (χ3v) is 8.10. The van der Waals surface area contributed by atoms with E-state index in [-0.39, 0.29) is 12.1 Å². The quantitative estimate of drug-likeness (QED) is 0.295. The Balaban J connectivity index is 1.46. The fourth-order valence-electron chi connectivity index (χ4n) is 4.09. The van der Waals surface area contributed by atoms with E-state index >= 15 is 0 Å². The molecule has 0 amide bonds. The molecule has 4 heteroatoms. The number of fused-ring (bicyclic) bond motifs is 1. The number of carbonyl (C=O) groups is 1. The fourth-order valence-corrected chi connectivity index (χ4v) is 6.44. The van der Waals surface area contributed by atoms with Gasteiger partial charge in [-0.15, -0.1) is 22.7 Å². The summed E-state index contributed by atoms with van der Waals surface area (Å²) < 4.78 is 8.33. The van der Waals surface area contributed by atoms with E-state index in [2.05, 4.69) is 19.9 Å². The number of hydrogen-bond acceptors (Lipinski definition) is 4. The van der Waals surface area contributed by atoms with Crippen LogP contribution in [0.5, 0.6) is 0 Å². The maximum absolute atomic E-state index is 12.6. The van der Waals surface area contributed by atoms with E-state index in [1.807, 2.05) is 17.4 Å². The highest BCUT2D eigenvalue weighted by Gasteiger charge is 2.25. The van der Waals surface area contributed by atoms with Crippen LogP contribution in [-0.2, 0) is 11.2 Å². The van der Waals surface area contributed by atoms with Crippen LogP contribution < -0.4 is 0 Å². The van der Waals surface area contributed by atoms with Crippen LogP contribution >= 0.6 is 22.7 Å². The zero-order valence-electron chi connectivity index (χ0n) is 16.9. The molecule has 0 spiro atoms. The Labute approximate surface area is 172 Å². The zero-order chi connectivity index (χ0) is 19.1. The predicted octanol–water partition coefficient (Wildman–Crippen LogP) is 7.99. The summed E-state index contributed by atoms with van der Waals surface area (Å²) in [6.45, 7) is 4.50. The van der Waals surface area contributed by atoms with Crippen LogP contribution in [0.2, 0.25) is 0 Å². The first-order valence-corrected chi connectivity index (χ1v) is 12.6. The molecule has 0 bridgehead atoms. The molecule has 3 rings (SSSR count). The van der Waals surface area contributed by atoms with Crippen molar-refractivity contribution in [2.45, 2.75) is 97.0 Å². The average Bonchev–Trinajstić information content (AvgIpc) is 3.22. The normalized spacial score (nSPS) is 20.2. The summed E-state index contributed by atoms with van der Waals surface area (Å²) in [7, 11) is 0. The topological polar surface area (TPSA) is 26.3 Å². The summed E-state index contributed by atoms with van der Waals surface area (Å²) in [6, 6.07) is 4.32. The Bertz CT molecular complexity index is 676. The van der Waals surface area contributed by atoms with Crippen molar-refractivity contribution in [1.82, 2.24) is 0 Å². The van der Waals surface area contributed by atoms with Crippen molar-refractivity contribution >= 4 is 38.0 Å². The van der Waals surface area contributed by atoms with E-state index in [1.54, 1.807) is 11.3 Å². The van der Waals surface area contributed by atoms with Crippen molar-refractivity contribution in [3.05, 3.63) is 21.9 Å². The van der Waals surface area contributed by atoms with Gasteiger partial charge in [-0.3, -0.25) is 0 Å². The van der Waals surface area contributed by atoms with Crippen LogP contribution in [0.15, 0.2) is 12.1 Å². The van der Waals surface area contributed by atoms with Crippen molar-refractivity contribution in [3.63, 3.8) is 0 Å². The first-order chi connectivity index (χ1) is 13.2. The molecule has 150 valence electrons. The van der Waals surface area contributed by atoms with Crippen molar-refractivity contribution in [2.75, 3.05) is 0 Å². The molecule has 2 aromatic heterocycles. The van der Waals surface area contributed by atoms with Gasteiger partial charge >= 0.3 is 5.97 Å². The van der Waals surface area contributed by atoms with Gasteiger partial charge in [0, 0.05) is 14.3 Å². The maximum atomic E-state index is 12.6. The lowest BCUT2D eigenvalue weighted by atomic mass is 9.84. The second-order valence-electron chi connectivity index (χ2n) is 8.05. The van der Waals surface area contributed by atoms with E-state index in [4.69, 9.17) is 4.74 Å². The van der Waals surface area contributed by atoms with Gasteiger partial charge in [0.2, 0.25) is 0 Å². The first kappa shape index (κ1) is 20.9. The van der Waals surface area contributed by atoms with Gasteiger partial charge < -0.3 is 4.74 Å². The van der Waals surface area contributed by atoms with Gasteiger partial charge in [-0.1, -0.05) is 52.4 Å². The third kappa shape index (κ3) is 6.05. The number of unbranched alkanes of at least 4 members (excludes halogenated alkanes) is 4. The second kappa shape index (κ2) is 10.6. The number of carbonyl (C=O) groups excluding carboxylic acids is 1. The van der Waals surface area contributed by atoms with Crippen LogP contribution in [0.3, 0.4) is 0 Å². The summed E-state index contributed by atoms with van der Waals surface area (Å²) in [5.74, 6) is 0.745. The molecular formula is C23H34O2S2. The number of esters is 1. The lowest BCUT2D eigenvalue weighted by molar-refractivity contribution is 0.0166. The number of aryl methyl sites for hydroxylation is 1. The molecule has 1 saturated carbocycles. The number of ether oxygens (including phenoxy) is 1. The number of rotatable bonds is 10. The predicted molar refractivity (Wildman–Crippen MR) is 118 cm³/mol. The van der Waals surface area contributed by atoms with Gasteiger partial charge in [0.1, 0.15) is 11.0 Å². The smallest absolute Gasteiger partial charge is 0.348 e. The Hall–Kier alpha value is -0.870. The van der Waals surface area contributed by atoms with Crippen molar-refractivity contribution in [1.29, 1.82) is 0 Å². The van der Waals surface area contributed by atoms with Crippen molar-refractivity contribution in [3.8, 4) is 0 Å². The molecule has 0 aliphatic heterocycles. The Morgan fingerprint density at radius 2 is 1.67 bits per heavy atom. The molecule has 0 unspecified atom stereocenters. The minimum absolute atomic E-state index is 0.106. The van der Waals surface area contributed by atoms with Crippen molar-refractivity contribution < 1.29 is 9.53 Å². The van der Waals surface area contributed by atoms with E-state index in [9.17, 15) is 4.79 Å². The summed E-state index contributed by atoms with van der Waals surface area (Å²) in [6.07, 6.45) is 15.0. The maximum Gasteiger partial charge on any atom is 0.348 e. The van der Waals surface area contributed by atoms with E-state index in [0.29, 0.717) is 0 Å². The molecule has 0 saturated heterocycles. The largest absolute Gasteiger partial charge is 0.458 e. The lowest BCUT2D eigenvalue weighted by Crippen LogP contribution is -2.24. The average molecular weight is 407 g/mol. The molecule has 1 aliphatic rings. The highest BCUT2D eigenvalue weighted by molar-refractivity contribution is 7.28. The van der Waals surface area contributed by atoms with E-state index in [0.717, 1.165) is 23.6 Å². The number of thiophene rings is 2. The Morgan fingerprint density at radius 1 is 0.963 bits per heavy atom. The summed E-state index contributed by atoms with van der Waals surface area (Å²) in [5, 5.41) is 0. The van der Waals surface area contributed by atoms with E-state index in [1.165, 1.54) is 78.5 Å². The molecule has 0 atom stereocenters. The minimum atomic E-state index is -0.106. The molecule has 1 fully saturated rings. The lowest BCUT2D eigenvalue weighted by Gasteiger charge is -2.28. The molecule has 1 aliphatic carbocycles. The van der Waals surface area contributed by atoms with Gasteiger partial charge in [-0.2, -0.15) is 0 Å². The summed E-state index contributed by atoms with van der Waals surface area (Å²) in [5.41, 5.74) is 0. The highest BCUT2D eigenvalue weighted by atomic mass is 32.1. The monoisotopic (exact) mass is 406 g/mol. The first-order valence-electron chi connectivity index (χ1n) is 10.9. The van der Waals surface area contributed by atoms with E-state index < -0.39 is 0 Å². The summed E-state index contributed by atoms with van der Waals surface area (Å²) >= 11 is 3.45. The van der Waals surface area contributed by atoms with Crippen molar-refractivity contribution in [2.24, 2.45) is 5.92 Å². The molecule has 0 N–H and O–H groups in total. The van der Waals surface area contributed by atoms with Crippen LogP contribution in [0.4, 0.5) is 0 Å².